The van der Waals surface area contributed by atoms with Crippen molar-refractivity contribution in [2.45, 2.75) is 25.8 Å². The molecule has 0 fully saturated rings. The first-order valence-corrected chi connectivity index (χ1v) is 10.6. The van der Waals surface area contributed by atoms with Gasteiger partial charge in [-0.05, 0) is 54.8 Å². The maximum absolute atomic E-state index is 12.4. The van der Waals surface area contributed by atoms with Crippen LogP contribution in [0.3, 0.4) is 0 Å². The Morgan fingerprint density at radius 1 is 0.900 bits per heavy atom. The van der Waals surface area contributed by atoms with Crippen LogP contribution in [0.1, 0.15) is 28.2 Å². The molecule has 0 saturated heterocycles. The molecule has 4 rings (SSSR count). The largest absolute Gasteiger partial charge is 0.352 e. The predicted octanol–water partition coefficient (Wildman–Crippen LogP) is 5.30. The third-order valence-corrected chi connectivity index (χ3v) is 5.42. The topological polar surface area (TPSA) is 46.9 Å². The van der Waals surface area contributed by atoms with E-state index >= 15 is 0 Å². The molecule has 0 aliphatic carbocycles. The van der Waals surface area contributed by atoms with E-state index in [0.717, 1.165) is 36.2 Å². The molecule has 5 heteroatoms. The van der Waals surface area contributed by atoms with Crippen LogP contribution in [0, 0.1) is 0 Å². The molecular weight excluding hydrogens is 394 g/mol. The molecule has 1 heterocycles. The number of halogens is 1. The van der Waals surface area contributed by atoms with E-state index in [-0.39, 0.29) is 5.91 Å². The number of imidazole rings is 1. The second kappa shape index (κ2) is 9.59. The zero-order chi connectivity index (χ0) is 20.8. The zero-order valence-electron chi connectivity index (χ0n) is 16.7. The average Bonchev–Trinajstić information content (AvgIpc) is 3.12. The first-order valence-electron chi connectivity index (χ1n) is 10.2. The van der Waals surface area contributed by atoms with Gasteiger partial charge in [-0.25, -0.2) is 4.98 Å². The van der Waals surface area contributed by atoms with E-state index in [9.17, 15) is 4.79 Å². The summed E-state index contributed by atoms with van der Waals surface area (Å²) in [5.74, 6) is 0.902. The number of amides is 1. The molecule has 30 heavy (non-hydrogen) atoms. The van der Waals surface area contributed by atoms with Gasteiger partial charge in [0.25, 0.3) is 5.91 Å². The molecule has 0 aliphatic heterocycles. The molecule has 1 aromatic heterocycles. The molecule has 4 nitrogen and oxygen atoms in total. The van der Waals surface area contributed by atoms with Crippen LogP contribution in [0.15, 0.2) is 78.9 Å². The molecule has 4 aromatic rings. The van der Waals surface area contributed by atoms with Crippen LogP contribution in [0.2, 0.25) is 5.02 Å². The summed E-state index contributed by atoms with van der Waals surface area (Å²) in [6, 6.07) is 25.7. The number of nitrogens with zero attached hydrogens (tertiary/aromatic N) is 2. The van der Waals surface area contributed by atoms with Crippen molar-refractivity contribution in [1.82, 2.24) is 14.9 Å². The van der Waals surface area contributed by atoms with Crippen LogP contribution in [-0.4, -0.2) is 22.0 Å². The number of hydrogen-bond acceptors (Lipinski definition) is 2. The molecule has 0 saturated carbocycles. The Morgan fingerprint density at radius 2 is 1.63 bits per heavy atom. The van der Waals surface area contributed by atoms with Gasteiger partial charge >= 0.3 is 0 Å². The number of fused-ring (bicyclic) bond motifs is 1. The summed E-state index contributed by atoms with van der Waals surface area (Å²) in [5.41, 5.74) is 4.09. The van der Waals surface area contributed by atoms with E-state index in [1.165, 1.54) is 5.56 Å². The number of hydrogen-bond donors (Lipinski definition) is 1. The monoisotopic (exact) mass is 417 g/mol. The standard InChI is InChI=1S/C25H24ClN3O/c26-21-14-12-20(13-15-21)25(30)27-17-16-24-28-22-10-4-5-11-23(22)29(24)18-6-9-19-7-2-1-3-8-19/h1-5,7-8,10-15H,6,9,16-18H2,(H,27,30). The molecule has 3 aromatic carbocycles. The van der Waals surface area contributed by atoms with Gasteiger partial charge in [-0.1, -0.05) is 54.1 Å². The molecule has 0 unspecified atom stereocenters. The van der Waals surface area contributed by atoms with Crippen molar-refractivity contribution in [3.05, 3.63) is 101 Å². The first-order chi connectivity index (χ1) is 14.7. The Labute approximate surface area is 181 Å². The van der Waals surface area contributed by atoms with Crippen LogP contribution in [-0.2, 0) is 19.4 Å². The van der Waals surface area contributed by atoms with Crippen LogP contribution < -0.4 is 5.32 Å². The molecule has 1 amide bonds. The first kappa shape index (κ1) is 20.2. The van der Waals surface area contributed by atoms with Crippen molar-refractivity contribution in [2.75, 3.05) is 6.54 Å². The third-order valence-electron chi connectivity index (χ3n) is 5.16. The Kier molecular flexibility index (Phi) is 6.45. The lowest BCUT2D eigenvalue weighted by molar-refractivity contribution is 0.0954. The summed E-state index contributed by atoms with van der Waals surface area (Å²) in [6.07, 6.45) is 2.74. The van der Waals surface area contributed by atoms with Crippen molar-refractivity contribution in [2.24, 2.45) is 0 Å². The van der Waals surface area contributed by atoms with Gasteiger partial charge in [0.1, 0.15) is 5.82 Å². The van der Waals surface area contributed by atoms with Gasteiger partial charge in [0.05, 0.1) is 11.0 Å². The number of para-hydroxylation sites is 2. The van der Waals surface area contributed by atoms with Crippen LogP contribution in [0.25, 0.3) is 11.0 Å². The highest BCUT2D eigenvalue weighted by molar-refractivity contribution is 6.30. The molecule has 0 spiro atoms. The summed E-state index contributed by atoms with van der Waals surface area (Å²) < 4.78 is 2.28. The van der Waals surface area contributed by atoms with Crippen molar-refractivity contribution in [3.63, 3.8) is 0 Å². The van der Waals surface area contributed by atoms with Gasteiger partial charge in [0.2, 0.25) is 0 Å². The minimum Gasteiger partial charge on any atom is -0.352 e. The summed E-state index contributed by atoms with van der Waals surface area (Å²) in [5, 5.41) is 3.61. The Bertz CT molecular complexity index is 1120. The molecule has 152 valence electrons. The van der Waals surface area contributed by atoms with Gasteiger partial charge in [-0.15, -0.1) is 0 Å². The number of nitrogens with one attached hydrogen (secondary N) is 1. The SMILES string of the molecule is O=C(NCCc1nc2ccccc2n1CCCc1ccccc1)c1ccc(Cl)cc1. The number of rotatable bonds is 8. The number of carbonyl (C=O) groups excluding carboxylic acids is 1. The number of carbonyl (C=O) groups is 1. The van der Waals surface area contributed by atoms with E-state index < -0.39 is 0 Å². The minimum absolute atomic E-state index is 0.0987. The van der Waals surface area contributed by atoms with E-state index in [1.807, 2.05) is 24.3 Å². The summed E-state index contributed by atoms with van der Waals surface area (Å²) in [7, 11) is 0. The van der Waals surface area contributed by atoms with Gasteiger partial charge < -0.3 is 9.88 Å². The zero-order valence-corrected chi connectivity index (χ0v) is 17.5. The van der Waals surface area contributed by atoms with Gasteiger partial charge in [-0.3, -0.25) is 4.79 Å². The highest BCUT2D eigenvalue weighted by atomic mass is 35.5. The predicted molar refractivity (Wildman–Crippen MR) is 122 cm³/mol. The van der Waals surface area contributed by atoms with Gasteiger partial charge in [0, 0.05) is 30.1 Å². The van der Waals surface area contributed by atoms with Crippen molar-refractivity contribution in [1.29, 1.82) is 0 Å². The quantitative estimate of drug-likeness (QED) is 0.423. The van der Waals surface area contributed by atoms with E-state index in [2.05, 4.69) is 40.2 Å². The number of benzene rings is 3. The van der Waals surface area contributed by atoms with E-state index in [4.69, 9.17) is 16.6 Å². The molecule has 0 radical (unpaired) electrons. The fourth-order valence-electron chi connectivity index (χ4n) is 3.64. The van der Waals surface area contributed by atoms with Crippen molar-refractivity contribution >= 4 is 28.5 Å². The molecule has 0 aliphatic rings. The highest BCUT2D eigenvalue weighted by Gasteiger charge is 2.11. The van der Waals surface area contributed by atoms with E-state index in [1.54, 1.807) is 24.3 Å². The fourth-order valence-corrected chi connectivity index (χ4v) is 3.77. The summed E-state index contributed by atoms with van der Waals surface area (Å²) in [6.45, 7) is 1.43. The molecule has 0 atom stereocenters. The Hall–Kier alpha value is -3.11. The van der Waals surface area contributed by atoms with Crippen LogP contribution in [0.5, 0.6) is 0 Å². The second-order valence-electron chi connectivity index (χ2n) is 7.27. The summed E-state index contributed by atoms with van der Waals surface area (Å²) in [4.78, 5) is 17.2. The molecule has 0 bridgehead atoms. The maximum atomic E-state index is 12.4. The van der Waals surface area contributed by atoms with Gasteiger partial charge in [0.15, 0.2) is 0 Å². The normalized spacial score (nSPS) is 11.0. The lowest BCUT2D eigenvalue weighted by Crippen LogP contribution is -2.26. The smallest absolute Gasteiger partial charge is 0.251 e. The second-order valence-corrected chi connectivity index (χ2v) is 7.71. The van der Waals surface area contributed by atoms with Crippen molar-refractivity contribution < 1.29 is 4.79 Å². The lowest BCUT2D eigenvalue weighted by atomic mass is 10.1. The highest BCUT2D eigenvalue weighted by Crippen LogP contribution is 2.18. The Balaban J connectivity index is 1.41. The van der Waals surface area contributed by atoms with Crippen LogP contribution >= 0.6 is 11.6 Å². The van der Waals surface area contributed by atoms with Crippen molar-refractivity contribution in [3.8, 4) is 0 Å². The fraction of sp³-hybridized carbons (Fsp3) is 0.200. The summed E-state index contributed by atoms with van der Waals surface area (Å²) >= 11 is 5.89. The third kappa shape index (κ3) is 4.89. The number of aromatic nitrogens is 2. The Morgan fingerprint density at radius 3 is 2.43 bits per heavy atom. The minimum atomic E-state index is -0.0987. The molecule has 1 N–H and O–H groups in total. The van der Waals surface area contributed by atoms with Crippen LogP contribution in [0.4, 0.5) is 0 Å². The van der Waals surface area contributed by atoms with Gasteiger partial charge in [-0.2, -0.15) is 0 Å². The lowest BCUT2D eigenvalue weighted by Gasteiger charge is -2.10. The average molecular weight is 418 g/mol. The van der Waals surface area contributed by atoms with E-state index in [0.29, 0.717) is 23.6 Å². The number of aryl methyl sites for hydroxylation is 2. The molecular formula is C25H24ClN3O. The maximum Gasteiger partial charge on any atom is 0.251 e.